The van der Waals surface area contributed by atoms with E-state index in [-0.39, 0.29) is 0 Å². The van der Waals surface area contributed by atoms with E-state index in [1.807, 2.05) is 0 Å². The van der Waals surface area contributed by atoms with Crippen LogP contribution in [0.4, 0.5) is 5.69 Å². The fourth-order valence-electron chi connectivity index (χ4n) is 0.961. The van der Waals surface area contributed by atoms with Crippen LogP contribution in [0.25, 0.3) is 0 Å². The van der Waals surface area contributed by atoms with E-state index in [1.54, 1.807) is 18.2 Å². The lowest BCUT2D eigenvalue weighted by Crippen LogP contribution is -2.24. The first kappa shape index (κ1) is 11.8. The third kappa shape index (κ3) is 3.11. The average molecular weight is 230 g/mol. The van der Waals surface area contributed by atoms with Crippen LogP contribution in [-0.2, 0) is 4.79 Å². The van der Waals surface area contributed by atoms with Crippen molar-refractivity contribution in [3.05, 3.63) is 23.2 Å². The molecule has 0 radical (unpaired) electrons. The molecule has 1 amide bonds. The van der Waals surface area contributed by atoms with E-state index in [9.17, 15) is 4.79 Å². The van der Waals surface area contributed by atoms with Gasteiger partial charge in [-0.1, -0.05) is 11.6 Å². The Bertz CT molecular complexity index is 366. The average Bonchev–Trinajstić information content (AvgIpc) is 2.20. The topological polar surface area (TPSA) is 58.6 Å². The highest BCUT2D eigenvalue weighted by Gasteiger charge is 2.11. The molecular weight excluding hydrogens is 218 g/mol. The number of ether oxygens (including phenoxy) is 1. The normalized spacial score (nSPS) is 12.0. The molecule has 1 aromatic rings. The van der Waals surface area contributed by atoms with E-state index in [1.165, 1.54) is 14.0 Å². The summed E-state index contributed by atoms with van der Waals surface area (Å²) in [5.41, 5.74) is 0.448. The molecular formula is C10H12ClNO3. The highest BCUT2D eigenvalue weighted by Crippen LogP contribution is 2.26. The van der Waals surface area contributed by atoms with Crippen molar-refractivity contribution in [2.45, 2.75) is 13.0 Å². The molecule has 1 aromatic carbocycles. The van der Waals surface area contributed by atoms with Crippen LogP contribution in [0.5, 0.6) is 5.75 Å². The van der Waals surface area contributed by atoms with Crippen molar-refractivity contribution in [1.29, 1.82) is 0 Å². The Hall–Kier alpha value is -1.26. The van der Waals surface area contributed by atoms with Crippen LogP contribution >= 0.6 is 11.6 Å². The zero-order chi connectivity index (χ0) is 11.4. The minimum atomic E-state index is -1.07. The maximum atomic E-state index is 11.2. The van der Waals surface area contributed by atoms with E-state index < -0.39 is 12.0 Å². The van der Waals surface area contributed by atoms with Gasteiger partial charge in [0.05, 0.1) is 17.8 Å². The van der Waals surface area contributed by atoms with Crippen LogP contribution in [0.3, 0.4) is 0 Å². The summed E-state index contributed by atoms with van der Waals surface area (Å²) in [6, 6.07) is 4.87. The SMILES string of the molecule is COc1ccc(NC(=O)C(C)O)c(Cl)c1. The summed E-state index contributed by atoms with van der Waals surface area (Å²) in [5, 5.41) is 11.8. The smallest absolute Gasteiger partial charge is 0.252 e. The zero-order valence-electron chi connectivity index (χ0n) is 8.45. The lowest BCUT2D eigenvalue weighted by Gasteiger charge is -2.09. The van der Waals surface area contributed by atoms with Crippen molar-refractivity contribution in [2.24, 2.45) is 0 Å². The largest absolute Gasteiger partial charge is 0.497 e. The second-order valence-corrected chi connectivity index (χ2v) is 3.42. The summed E-state index contributed by atoms with van der Waals surface area (Å²) in [4.78, 5) is 11.2. The van der Waals surface area contributed by atoms with E-state index in [0.717, 1.165) is 0 Å². The Kier molecular flexibility index (Phi) is 3.94. The maximum absolute atomic E-state index is 11.2. The molecule has 5 heteroatoms. The van der Waals surface area contributed by atoms with Crippen molar-refractivity contribution in [2.75, 3.05) is 12.4 Å². The summed E-state index contributed by atoms with van der Waals surface area (Å²) in [5.74, 6) is 0.108. The molecule has 15 heavy (non-hydrogen) atoms. The molecule has 2 N–H and O–H groups in total. The number of rotatable bonds is 3. The molecule has 0 bridgehead atoms. The maximum Gasteiger partial charge on any atom is 0.252 e. The van der Waals surface area contributed by atoms with Gasteiger partial charge in [0.2, 0.25) is 0 Å². The van der Waals surface area contributed by atoms with Crippen LogP contribution in [0.15, 0.2) is 18.2 Å². The van der Waals surface area contributed by atoms with Gasteiger partial charge in [0.15, 0.2) is 0 Å². The summed E-state index contributed by atoms with van der Waals surface area (Å²) in [7, 11) is 1.53. The van der Waals surface area contributed by atoms with Gasteiger partial charge >= 0.3 is 0 Å². The Morgan fingerprint density at radius 2 is 2.27 bits per heavy atom. The molecule has 0 fully saturated rings. The van der Waals surface area contributed by atoms with Crippen LogP contribution in [0.1, 0.15) is 6.92 Å². The van der Waals surface area contributed by atoms with Crippen LogP contribution in [-0.4, -0.2) is 24.2 Å². The Morgan fingerprint density at radius 1 is 1.60 bits per heavy atom. The molecule has 4 nitrogen and oxygen atoms in total. The van der Waals surface area contributed by atoms with E-state index >= 15 is 0 Å². The van der Waals surface area contributed by atoms with Gasteiger partial charge in [0, 0.05) is 6.07 Å². The molecule has 0 aliphatic rings. The number of aliphatic hydroxyl groups is 1. The molecule has 82 valence electrons. The number of hydrogen-bond donors (Lipinski definition) is 2. The van der Waals surface area contributed by atoms with Crippen molar-refractivity contribution in [3.63, 3.8) is 0 Å². The lowest BCUT2D eigenvalue weighted by atomic mass is 10.3. The Morgan fingerprint density at radius 3 is 2.73 bits per heavy atom. The molecule has 0 aliphatic carbocycles. The summed E-state index contributed by atoms with van der Waals surface area (Å²) in [6.45, 7) is 1.38. The van der Waals surface area contributed by atoms with Crippen LogP contribution < -0.4 is 10.1 Å². The standard InChI is InChI=1S/C10H12ClNO3/c1-6(13)10(14)12-9-4-3-7(15-2)5-8(9)11/h3-6,13H,1-2H3,(H,12,14). The molecule has 0 aliphatic heterocycles. The molecule has 1 unspecified atom stereocenters. The first-order valence-corrected chi connectivity index (χ1v) is 4.75. The van der Waals surface area contributed by atoms with Gasteiger partial charge in [-0.25, -0.2) is 0 Å². The number of benzene rings is 1. The number of carbonyl (C=O) groups is 1. The van der Waals surface area contributed by atoms with Gasteiger partial charge in [0.25, 0.3) is 5.91 Å². The monoisotopic (exact) mass is 229 g/mol. The third-order valence-corrected chi connectivity index (χ3v) is 2.13. The second-order valence-electron chi connectivity index (χ2n) is 3.01. The molecule has 0 spiro atoms. The fraction of sp³-hybridized carbons (Fsp3) is 0.300. The molecule has 1 rings (SSSR count). The number of nitrogens with one attached hydrogen (secondary N) is 1. The number of halogens is 1. The molecule has 1 atom stereocenters. The number of aliphatic hydroxyl groups excluding tert-OH is 1. The van der Waals surface area contributed by atoms with Gasteiger partial charge in [-0.15, -0.1) is 0 Å². The van der Waals surface area contributed by atoms with E-state index in [4.69, 9.17) is 21.4 Å². The Labute approximate surface area is 92.8 Å². The summed E-state index contributed by atoms with van der Waals surface area (Å²) < 4.78 is 4.96. The molecule has 0 heterocycles. The quantitative estimate of drug-likeness (QED) is 0.829. The lowest BCUT2D eigenvalue weighted by molar-refractivity contribution is -0.123. The molecule has 0 saturated heterocycles. The van der Waals surface area contributed by atoms with Gasteiger partial charge in [-0.05, 0) is 19.1 Å². The predicted molar refractivity (Wildman–Crippen MR) is 58.3 cm³/mol. The van der Waals surface area contributed by atoms with Crippen molar-refractivity contribution in [3.8, 4) is 5.75 Å². The third-order valence-electron chi connectivity index (χ3n) is 1.81. The second kappa shape index (κ2) is 5.00. The zero-order valence-corrected chi connectivity index (χ0v) is 9.21. The van der Waals surface area contributed by atoms with Crippen molar-refractivity contribution >= 4 is 23.2 Å². The number of carbonyl (C=O) groups excluding carboxylic acids is 1. The predicted octanol–water partition coefficient (Wildman–Crippen LogP) is 1.67. The molecule has 0 aromatic heterocycles. The minimum Gasteiger partial charge on any atom is -0.497 e. The Balaban J connectivity index is 2.83. The highest BCUT2D eigenvalue weighted by atomic mass is 35.5. The van der Waals surface area contributed by atoms with Crippen molar-refractivity contribution < 1.29 is 14.6 Å². The summed E-state index contributed by atoms with van der Waals surface area (Å²) >= 11 is 5.88. The highest BCUT2D eigenvalue weighted by molar-refractivity contribution is 6.33. The number of hydrogen-bond acceptors (Lipinski definition) is 3. The first-order valence-electron chi connectivity index (χ1n) is 4.37. The van der Waals surface area contributed by atoms with E-state index in [0.29, 0.717) is 16.5 Å². The summed E-state index contributed by atoms with van der Waals surface area (Å²) in [6.07, 6.45) is -1.07. The van der Waals surface area contributed by atoms with Gasteiger partial charge in [-0.3, -0.25) is 4.79 Å². The van der Waals surface area contributed by atoms with Crippen molar-refractivity contribution in [1.82, 2.24) is 0 Å². The van der Waals surface area contributed by atoms with Crippen LogP contribution in [0.2, 0.25) is 5.02 Å². The van der Waals surface area contributed by atoms with Gasteiger partial charge in [0.1, 0.15) is 11.9 Å². The van der Waals surface area contributed by atoms with E-state index in [2.05, 4.69) is 5.32 Å². The molecule has 0 saturated carbocycles. The van der Waals surface area contributed by atoms with Crippen LogP contribution in [0, 0.1) is 0 Å². The first-order chi connectivity index (χ1) is 7.04. The van der Waals surface area contributed by atoms with Gasteiger partial charge in [-0.2, -0.15) is 0 Å². The number of methoxy groups -OCH3 is 1. The minimum absolute atomic E-state index is 0.364. The number of anilines is 1. The number of amides is 1. The fourth-order valence-corrected chi connectivity index (χ4v) is 1.18. The van der Waals surface area contributed by atoms with Gasteiger partial charge < -0.3 is 15.2 Å².